The molecule has 1 aliphatic rings. The molecule has 1 heterocycles. The largest absolute Gasteiger partial charge is 0.482 e. The minimum Gasteiger partial charge on any atom is -0.482 e. The van der Waals surface area contributed by atoms with Crippen LogP contribution in [0.2, 0.25) is 0 Å². The maximum absolute atomic E-state index is 13.1. The van der Waals surface area contributed by atoms with E-state index in [0.29, 0.717) is 28.1 Å². The van der Waals surface area contributed by atoms with E-state index < -0.39 is 5.97 Å². The van der Waals surface area contributed by atoms with Gasteiger partial charge in [0.15, 0.2) is 11.8 Å². The molecule has 0 atom stereocenters. The normalized spacial score (nSPS) is 16.5. The van der Waals surface area contributed by atoms with Gasteiger partial charge in [0.1, 0.15) is 11.6 Å². The van der Waals surface area contributed by atoms with Gasteiger partial charge < -0.3 is 9.47 Å². The van der Waals surface area contributed by atoms with Crippen LogP contribution in [0, 0.1) is 5.82 Å². The van der Waals surface area contributed by atoms with E-state index >= 15 is 0 Å². The van der Waals surface area contributed by atoms with Gasteiger partial charge in [-0.3, -0.25) is 9.69 Å². The summed E-state index contributed by atoms with van der Waals surface area (Å²) in [5, 5.41) is 0.549. The minimum absolute atomic E-state index is 0.135. The SMILES string of the molecule is CCN1C(=O)/C(=C\c2ccc(OCC(=O)OC)cc2)SC1=Nc1ccc(F)cc1. The first-order valence-electron chi connectivity index (χ1n) is 8.85. The fraction of sp³-hybridized carbons (Fsp3) is 0.190. The van der Waals surface area contributed by atoms with E-state index in [2.05, 4.69) is 9.73 Å². The first-order chi connectivity index (χ1) is 14.0. The molecule has 2 aromatic rings. The zero-order valence-electron chi connectivity index (χ0n) is 15.9. The van der Waals surface area contributed by atoms with Crippen molar-refractivity contribution in [3.63, 3.8) is 0 Å². The molecule has 1 saturated heterocycles. The zero-order valence-corrected chi connectivity index (χ0v) is 16.7. The summed E-state index contributed by atoms with van der Waals surface area (Å²) in [6, 6.07) is 12.8. The quantitative estimate of drug-likeness (QED) is 0.528. The van der Waals surface area contributed by atoms with Crippen molar-refractivity contribution in [2.24, 2.45) is 4.99 Å². The average molecular weight is 414 g/mol. The van der Waals surface area contributed by atoms with Crippen LogP contribution in [0.25, 0.3) is 6.08 Å². The van der Waals surface area contributed by atoms with Crippen LogP contribution in [-0.2, 0) is 14.3 Å². The molecule has 150 valence electrons. The van der Waals surface area contributed by atoms with E-state index in [0.717, 1.165) is 5.56 Å². The number of halogens is 1. The van der Waals surface area contributed by atoms with E-state index in [-0.39, 0.29) is 18.3 Å². The van der Waals surface area contributed by atoms with Crippen molar-refractivity contribution in [2.45, 2.75) is 6.92 Å². The predicted molar refractivity (Wildman–Crippen MR) is 110 cm³/mol. The summed E-state index contributed by atoms with van der Waals surface area (Å²) >= 11 is 1.27. The number of hydrogen-bond donors (Lipinski definition) is 0. The van der Waals surface area contributed by atoms with E-state index in [9.17, 15) is 14.0 Å². The third-order valence-corrected chi connectivity index (χ3v) is 5.02. The highest BCUT2D eigenvalue weighted by Crippen LogP contribution is 2.34. The monoisotopic (exact) mass is 414 g/mol. The minimum atomic E-state index is -0.461. The maximum atomic E-state index is 13.1. The van der Waals surface area contributed by atoms with Gasteiger partial charge in [-0.25, -0.2) is 14.2 Å². The second-order valence-electron chi connectivity index (χ2n) is 5.96. The van der Waals surface area contributed by atoms with Crippen LogP contribution in [-0.4, -0.2) is 42.2 Å². The number of methoxy groups -OCH3 is 1. The smallest absolute Gasteiger partial charge is 0.343 e. The van der Waals surface area contributed by atoms with Crippen LogP contribution < -0.4 is 4.74 Å². The van der Waals surface area contributed by atoms with Crippen molar-refractivity contribution in [1.82, 2.24) is 4.90 Å². The Morgan fingerprint density at radius 2 is 1.86 bits per heavy atom. The Bertz CT molecular complexity index is 956. The molecule has 0 bridgehead atoms. The third kappa shape index (κ3) is 5.23. The summed E-state index contributed by atoms with van der Waals surface area (Å²) in [6.45, 7) is 2.18. The molecule has 2 aromatic carbocycles. The third-order valence-electron chi connectivity index (χ3n) is 4.02. The van der Waals surface area contributed by atoms with E-state index in [1.165, 1.54) is 31.0 Å². The average Bonchev–Trinajstić information content (AvgIpc) is 3.02. The summed E-state index contributed by atoms with van der Waals surface area (Å²) in [7, 11) is 1.30. The van der Waals surface area contributed by atoms with Gasteiger partial charge in [-0.2, -0.15) is 0 Å². The number of carbonyl (C=O) groups is 2. The van der Waals surface area contributed by atoms with Gasteiger partial charge >= 0.3 is 5.97 Å². The molecule has 8 heteroatoms. The number of amides is 1. The molecule has 29 heavy (non-hydrogen) atoms. The van der Waals surface area contributed by atoms with Gasteiger partial charge in [0.05, 0.1) is 17.7 Å². The fourth-order valence-corrected chi connectivity index (χ4v) is 3.57. The molecule has 0 N–H and O–H groups in total. The lowest BCUT2D eigenvalue weighted by Crippen LogP contribution is -2.28. The molecule has 6 nitrogen and oxygen atoms in total. The molecule has 0 spiro atoms. The number of thioether (sulfide) groups is 1. The Morgan fingerprint density at radius 1 is 1.17 bits per heavy atom. The molecular formula is C21H19FN2O4S. The lowest BCUT2D eigenvalue weighted by atomic mass is 10.2. The number of esters is 1. The highest BCUT2D eigenvalue weighted by molar-refractivity contribution is 8.18. The molecule has 0 unspecified atom stereocenters. The standard InChI is InChI=1S/C21H19FN2O4S/c1-3-24-20(26)18(29-21(24)23-16-8-6-15(22)7-9-16)12-14-4-10-17(11-5-14)28-13-19(25)27-2/h4-12H,3,13H2,1-2H3/b18-12+,23-21?. The Morgan fingerprint density at radius 3 is 2.48 bits per heavy atom. The summed E-state index contributed by atoms with van der Waals surface area (Å²) in [4.78, 5) is 30.4. The van der Waals surface area contributed by atoms with Crippen molar-refractivity contribution in [3.05, 3.63) is 64.8 Å². The Balaban J connectivity index is 1.76. The van der Waals surface area contributed by atoms with E-state index in [1.807, 2.05) is 6.92 Å². The van der Waals surface area contributed by atoms with Gasteiger partial charge in [-0.1, -0.05) is 12.1 Å². The van der Waals surface area contributed by atoms with Crippen molar-refractivity contribution in [1.29, 1.82) is 0 Å². The van der Waals surface area contributed by atoms with Gasteiger partial charge in [-0.15, -0.1) is 0 Å². The molecule has 1 amide bonds. The lowest BCUT2D eigenvalue weighted by Gasteiger charge is -2.11. The Kier molecular flexibility index (Phi) is 6.66. The van der Waals surface area contributed by atoms with Crippen LogP contribution in [0.3, 0.4) is 0 Å². The number of amidine groups is 1. The summed E-state index contributed by atoms with van der Waals surface area (Å²) in [5.41, 5.74) is 1.39. The molecule has 1 aliphatic heterocycles. The highest BCUT2D eigenvalue weighted by Gasteiger charge is 2.32. The van der Waals surface area contributed by atoms with Crippen molar-refractivity contribution < 1.29 is 23.5 Å². The van der Waals surface area contributed by atoms with Crippen molar-refractivity contribution in [3.8, 4) is 5.75 Å². The number of likely N-dealkylation sites (N-methyl/N-ethyl adjacent to an activating group) is 1. The lowest BCUT2D eigenvalue weighted by molar-refractivity contribution is -0.142. The van der Waals surface area contributed by atoms with E-state index in [1.54, 1.807) is 47.4 Å². The molecule has 0 aromatic heterocycles. The summed E-state index contributed by atoms with van der Waals surface area (Å²) in [5.74, 6) is -0.408. The van der Waals surface area contributed by atoms with Crippen LogP contribution in [0.15, 0.2) is 58.4 Å². The second-order valence-corrected chi connectivity index (χ2v) is 6.97. The molecule has 1 fully saturated rings. The number of carbonyl (C=O) groups excluding carboxylic acids is 2. The number of benzene rings is 2. The first kappa shape index (κ1) is 20.6. The highest BCUT2D eigenvalue weighted by atomic mass is 32.2. The predicted octanol–water partition coefficient (Wildman–Crippen LogP) is 4.00. The van der Waals surface area contributed by atoms with Gasteiger partial charge in [0.2, 0.25) is 0 Å². The summed E-state index contributed by atoms with van der Waals surface area (Å²) < 4.78 is 22.9. The number of rotatable bonds is 6. The Hall–Kier alpha value is -3.13. The molecule has 0 radical (unpaired) electrons. The van der Waals surface area contributed by atoms with Crippen LogP contribution in [0.5, 0.6) is 5.75 Å². The maximum Gasteiger partial charge on any atom is 0.343 e. The molecule has 0 saturated carbocycles. The fourth-order valence-electron chi connectivity index (χ4n) is 2.51. The van der Waals surface area contributed by atoms with Crippen LogP contribution in [0.4, 0.5) is 10.1 Å². The topological polar surface area (TPSA) is 68.2 Å². The number of hydrogen-bond acceptors (Lipinski definition) is 6. The number of ether oxygens (including phenoxy) is 2. The molecule has 3 rings (SSSR count). The van der Waals surface area contributed by atoms with Gasteiger partial charge in [-0.05, 0) is 66.7 Å². The van der Waals surface area contributed by atoms with E-state index in [4.69, 9.17) is 4.74 Å². The van der Waals surface area contributed by atoms with Crippen LogP contribution in [0.1, 0.15) is 12.5 Å². The first-order valence-corrected chi connectivity index (χ1v) is 9.67. The molecule has 0 aliphatic carbocycles. The summed E-state index contributed by atoms with van der Waals surface area (Å²) in [6.07, 6.45) is 1.77. The molecular weight excluding hydrogens is 395 g/mol. The second kappa shape index (κ2) is 9.38. The van der Waals surface area contributed by atoms with Gasteiger partial charge in [0.25, 0.3) is 5.91 Å². The van der Waals surface area contributed by atoms with Crippen molar-refractivity contribution in [2.75, 3.05) is 20.3 Å². The number of aliphatic imine (C=N–C) groups is 1. The Labute approximate surface area is 172 Å². The zero-order chi connectivity index (χ0) is 20.8. The number of nitrogens with zero attached hydrogens (tertiary/aromatic N) is 2. The van der Waals surface area contributed by atoms with Gasteiger partial charge in [0, 0.05) is 6.54 Å². The van der Waals surface area contributed by atoms with Crippen molar-refractivity contribution >= 4 is 40.6 Å². The van der Waals surface area contributed by atoms with Crippen LogP contribution >= 0.6 is 11.8 Å².